The lowest BCUT2D eigenvalue weighted by molar-refractivity contribution is -0.146. The average molecular weight is 476 g/mol. The first-order valence-electron chi connectivity index (χ1n) is 12.0. The van der Waals surface area contributed by atoms with E-state index in [4.69, 9.17) is 4.74 Å². The molecule has 1 fully saturated rings. The lowest BCUT2D eigenvalue weighted by atomic mass is 10.0. The summed E-state index contributed by atoms with van der Waals surface area (Å²) in [4.78, 5) is 34.1. The maximum absolute atomic E-state index is 12.7. The molecule has 0 bridgehead atoms. The monoisotopic (exact) mass is 475 g/mol. The predicted octanol–water partition coefficient (Wildman–Crippen LogP) is 5.39. The summed E-state index contributed by atoms with van der Waals surface area (Å²) in [6.07, 6.45) is 3.38. The molecule has 1 saturated carbocycles. The van der Waals surface area contributed by atoms with Crippen molar-refractivity contribution in [3.05, 3.63) is 54.4 Å². The Morgan fingerprint density at radius 2 is 1.80 bits per heavy atom. The number of hydrogen-bond acceptors (Lipinski definition) is 6. The van der Waals surface area contributed by atoms with Gasteiger partial charge in [0.15, 0.2) is 0 Å². The second kappa shape index (κ2) is 9.90. The molecule has 8 heteroatoms. The van der Waals surface area contributed by atoms with Gasteiger partial charge in [0, 0.05) is 24.9 Å². The summed E-state index contributed by atoms with van der Waals surface area (Å²) in [6.45, 7) is 9.26. The molecule has 0 spiro atoms. The standard InChI is InChI=1S/C27H33N5O3/c1-6-31(26(34)35-27(3,4)5)32(18(2)33)16-19-8-7-9-20(14-19)21-10-13-24-23(15-21)25(29-17-28-24)30-22-11-12-22/h7-10,13-15,17,22H,6,11-12,16H2,1-5H3,(H,28,29,30). The van der Waals surface area contributed by atoms with Crippen molar-refractivity contribution in [2.24, 2.45) is 0 Å². The Morgan fingerprint density at radius 1 is 1.06 bits per heavy atom. The van der Waals surface area contributed by atoms with Gasteiger partial charge in [0.1, 0.15) is 17.7 Å². The number of hydrogen-bond donors (Lipinski definition) is 1. The maximum atomic E-state index is 12.7. The Labute approximate surface area is 206 Å². The normalized spacial score (nSPS) is 13.4. The molecule has 3 aromatic rings. The van der Waals surface area contributed by atoms with Gasteiger partial charge < -0.3 is 10.1 Å². The van der Waals surface area contributed by atoms with Gasteiger partial charge in [-0.3, -0.25) is 4.79 Å². The van der Waals surface area contributed by atoms with E-state index >= 15 is 0 Å². The van der Waals surface area contributed by atoms with E-state index in [1.54, 1.807) is 27.1 Å². The predicted molar refractivity (Wildman–Crippen MR) is 136 cm³/mol. The largest absolute Gasteiger partial charge is 0.442 e. The number of benzene rings is 2. The fourth-order valence-corrected chi connectivity index (χ4v) is 3.87. The highest BCUT2D eigenvalue weighted by atomic mass is 16.6. The molecule has 8 nitrogen and oxygen atoms in total. The number of amides is 2. The van der Waals surface area contributed by atoms with Crippen LogP contribution in [0.4, 0.5) is 10.6 Å². The van der Waals surface area contributed by atoms with E-state index < -0.39 is 11.7 Å². The minimum absolute atomic E-state index is 0.234. The molecule has 0 atom stereocenters. The first-order valence-corrected chi connectivity index (χ1v) is 12.0. The third-order valence-electron chi connectivity index (χ3n) is 5.70. The van der Waals surface area contributed by atoms with E-state index in [0.717, 1.165) is 46.3 Å². The molecule has 0 radical (unpaired) electrons. The molecule has 1 N–H and O–H groups in total. The number of fused-ring (bicyclic) bond motifs is 1. The van der Waals surface area contributed by atoms with E-state index in [0.29, 0.717) is 12.6 Å². The van der Waals surface area contributed by atoms with Gasteiger partial charge in [0.25, 0.3) is 0 Å². The summed E-state index contributed by atoms with van der Waals surface area (Å²) in [5, 5.41) is 7.25. The second-order valence-corrected chi connectivity index (χ2v) is 9.85. The number of rotatable bonds is 6. The molecule has 2 aromatic carbocycles. The lowest BCUT2D eigenvalue weighted by Crippen LogP contribution is -2.50. The Morgan fingerprint density at radius 3 is 2.46 bits per heavy atom. The van der Waals surface area contributed by atoms with Gasteiger partial charge in [-0.05, 0) is 75.4 Å². The van der Waals surface area contributed by atoms with E-state index in [1.165, 1.54) is 16.9 Å². The number of hydrazine groups is 1. The molecule has 1 aliphatic carbocycles. The Bertz CT molecular complexity index is 1230. The number of anilines is 1. The minimum atomic E-state index is -0.653. The molecular formula is C27H33N5O3. The molecule has 1 aromatic heterocycles. The third kappa shape index (κ3) is 6.07. The molecule has 1 heterocycles. The van der Waals surface area contributed by atoms with Crippen molar-refractivity contribution in [2.75, 3.05) is 11.9 Å². The highest BCUT2D eigenvalue weighted by Gasteiger charge is 2.28. The van der Waals surface area contributed by atoms with Crippen molar-refractivity contribution in [2.45, 2.75) is 65.6 Å². The topological polar surface area (TPSA) is 87.7 Å². The summed E-state index contributed by atoms with van der Waals surface area (Å²) in [5.41, 5.74) is 3.18. The number of nitrogens with zero attached hydrogens (tertiary/aromatic N) is 4. The molecule has 0 aliphatic heterocycles. The van der Waals surface area contributed by atoms with E-state index in [-0.39, 0.29) is 12.5 Å². The zero-order valence-corrected chi connectivity index (χ0v) is 21.0. The molecule has 0 saturated heterocycles. The highest BCUT2D eigenvalue weighted by Crippen LogP contribution is 2.31. The van der Waals surface area contributed by atoms with E-state index in [2.05, 4.69) is 21.4 Å². The van der Waals surface area contributed by atoms with Gasteiger partial charge in [0.2, 0.25) is 5.91 Å². The van der Waals surface area contributed by atoms with Crippen LogP contribution in [0.15, 0.2) is 48.8 Å². The van der Waals surface area contributed by atoms with Crippen molar-refractivity contribution in [3.8, 4) is 11.1 Å². The van der Waals surface area contributed by atoms with Crippen LogP contribution in [0.3, 0.4) is 0 Å². The van der Waals surface area contributed by atoms with Crippen LogP contribution in [-0.2, 0) is 16.1 Å². The number of carbonyl (C=O) groups is 2. The minimum Gasteiger partial charge on any atom is -0.442 e. The Kier molecular flexibility index (Phi) is 6.91. The average Bonchev–Trinajstić information content (AvgIpc) is 3.62. The summed E-state index contributed by atoms with van der Waals surface area (Å²) >= 11 is 0. The van der Waals surface area contributed by atoms with Crippen LogP contribution in [0, 0.1) is 0 Å². The van der Waals surface area contributed by atoms with Crippen LogP contribution in [0.25, 0.3) is 22.0 Å². The molecule has 1 aliphatic rings. The highest BCUT2D eigenvalue weighted by molar-refractivity contribution is 5.92. The van der Waals surface area contributed by atoms with Crippen molar-refractivity contribution in [1.82, 2.24) is 20.0 Å². The fraction of sp³-hybridized carbons (Fsp3) is 0.407. The molecule has 35 heavy (non-hydrogen) atoms. The summed E-state index contributed by atoms with van der Waals surface area (Å²) < 4.78 is 5.51. The van der Waals surface area contributed by atoms with Crippen LogP contribution in [-0.4, -0.2) is 50.2 Å². The van der Waals surface area contributed by atoms with Gasteiger partial charge >= 0.3 is 6.09 Å². The van der Waals surface area contributed by atoms with Crippen molar-refractivity contribution < 1.29 is 14.3 Å². The number of ether oxygens (including phenoxy) is 1. The van der Waals surface area contributed by atoms with Crippen LogP contribution < -0.4 is 5.32 Å². The zero-order valence-electron chi connectivity index (χ0n) is 21.0. The van der Waals surface area contributed by atoms with E-state index in [9.17, 15) is 9.59 Å². The molecule has 184 valence electrons. The van der Waals surface area contributed by atoms with Gasteiger partial charge in [-0.1, -0.05) is 24.3 Å². The van der Waals surface area contributed by atoms with Crippen LogP contribution in [0.5, 0.6) is 0 Å². The Hall–Kier alpha value is -3.68. The van der Waals surface area contributed by atoms with Crippen molar-refractivity contribution in [3.63, 3.8) is 0 Å². The van der Waals surface area contributed by atoms with Crippen LogP contribution in [0.1, 0.15) is 53.0 Å². The van der Waals surface area contributed by atoms with Gasteiger partial charge in [-0.15, -0.1) is 0 Å². The van der Waals surface area contributed by atoms with Crippen molar-refractivity contribution >= 4 is 28.7 Å². The molecule has 4 rings (SSSR count). The van der Waals surface area contributed by atoms with Crippen LogP contribution in [0.2, 0.25) is 0 Å². The lowest BCUT2D eigenvalue weighted by Gasteiger charge is -2.34. The Balaban J connectivity index is 1.61. The van der Waals surface area contributed by atoms with Gasteiger partial charge in [0.05, 0.1) is 12.1 Å². The zero-order chi connectivity index (χ0) is 25.2. The fourth-order valence-electron chi connectivity index (χ4n) is 3.87. The quantitative estimate of drug-likeness (QED) is 0.481. The summed E-state index contributed by atoms with van der Waals surface area (Å²) in [6, 6.07) is 14.6. The smallest absolute Gasteiger partial charge is 0.429 e. The maximum Gasteiger partial charge on any atom is 0.429 e. The first kappa shape index (κ1) is 24.4. The number of nitrogens with one attached hydrogen (secondary N) is 1. The number of aromatic nitrogens is 2. The molecular weight excluding hydrogens is 442 g/mol. The molecule has 2 amide bonds. The van der Waals surface area contributed by atoms with Gasteiger partial charge in [-0.2, -0.15) is 0 Å². The summed E-state index contributed by atoms with van der Waals surface area (Å²) in [7, 11) is 0. The summed E-state index contributed by atoms with van der Waals surface area (Å²) in [5.74, 6) is 0.621. The van der Waals surface area contributed by atoms with E-state index in [1.807, 2.05) is 43.3 Å². The van der Waals surface area contributed by atoms with Crippen molar-refractivity contribution in [1.29, 1.82) is 0 Å². The second-order valence-electron chi connectivity index (χ2n) is 9.85. The van der Waals surface area contributed by atoms with Gasteiger partial charge in [-0.25, -0.2) is 24.8 Å². The van der Waals surface area contributed by atoms with Crippen LogP contribution >= 0.6 is 0 Å². The first-order chi connectivity index (χ1) is 16.6. The third-order valence-corrected chi connectivity index (χ3v) is 5.70. The number of carbonyl (C=O) groups excluding carboxylic acids is 2. The molecule has 0 unspecified atom stereocenters. The SMILES string of the molecule is CCN(C(=O)OC(C)(C)C)N(Cc1cccc(-c2ccc3ncnc(NC4CC4)c3c2)c1)C(C)=O.